The van der Waals surface area contributed by atoms with Crippen LogP contribution in [0.5, 0.6) is 0 Å². The average molecular weight is 396 g/mol. The van der Waals surface area contributed by atoms with E-state index >= 15 is 0 Å². The van der Waals surface area contributed by atoms with Gasteiger partial charge in [0.2, 0.25) is 5.52 Å². The second-order valence-corrected chi connectivity index (χ2v) is 8.48. The van der Waals surface area contributed by atoms with Crippen molar-refractivity contribution in [1.82, 2.24) is 4.40 Å². The third-order valence-corrected chi connectivity index (χ3v) is 6.85. The van der Waals surface area contributed by atoms with E-state index in [0.29, 0.717) is 5.69 Å². The first kappa shape index (κ1) is 16.6. The van der Waals surface area contributed by atoms with Gasteiger partial charge in [-0.2, -0.15) is 0 Å². The van der Waals surface area contributed by atoms with Crippen LogP contribution in [0.25, 0.3) is 64.6 Å². The third kappa shape index (κ3) is 1.90. The number of hydrogen-bond donors (Lipinski definition) is 0. The number of aromatic nitrogens is 2. The molecule has 3 nitrogen and oxygen atoms in total. The van der Waals surface area contributed by atoms with Crippen LogP contribution in [0.2, 0.25) is 0 Å². The number of nitrogens with zero attached hydrogens (tertiary/aromatic N) is 3. The maximum atomic E-state index is 7.47. The molecule has 7 aromatic rings. The van der Waals surface area contributed by atoms with Gasteiger partial charge in [-0.25, -0.2) is 9.41 Å². The van der Waals surface area contributed by atoms with E-state index in [1.54, 1.807) is 0 Å². The fraction of sp³-hybridized carbons (Fsp3) is 0.0714. The van der Waals surface area contributed by atoms with Gasteiger partial charge < -0.3 is 4.40 Å². The first-order chi connectivity index (χ1) is 15.2. The molecule has 144 valence electrons. The first-order valence-corrected chi connectivity index (χ1v) is 10.5. The zero-order valence-corrected chi connectivity index (χ0v) is 17.3. The summed E-state index contributed by atoms with van der Waals surface area (Å²) >= 11 is 0. The molecule has 0 atom stereocenters. The molecule has 0 bridgehead atoms. The highest BCUT2D eigenvalue weighted by Crippen LogP contribution is 2.42. The largest absolute Gasteiger partial charge is 0.307 e. The van der Waals surface area contributed by atoms with Crippen LogP contribution in [0.3, 0.4) is 0 Å². The standard InChI is InChI=1S/C28H18N3/c1-16-8-10-22-20-6-4-5-7-23(20)31-24-15-17-14-18(29-2)9-11-19(17)21-12-13-30(3)28(26(21)24)25(16)27(22)31/h4-15H,1,3H3/q+1. The summed E-state index contributed by atoms with van der Waals surface area (Å²) in [6.07, 6.45) is 2.17. The maximum absolute atomic E-state index is 7.47. The van der Waals surface area contributed by atoms with Crippen LogP contribution in [-0.4, -0.2) is 4.40 Å². The van der Waals surface area contributed by atoms with E-state index in [4.69, 9.17) is 6.57 Å². The van der Waals surface area contributed by atoms with Crippen LogP contribution >= 0.6 is 0 Å². The third-order valence-electron chi connectivity index (χ3n) is 6.85. The van der Waals surface area contributed by atoms with E-state index in [2.05, 4.69) is 88.6 Å². The fourth-order valence-corrected chi connectivity index (χ4v) is 5.52. The average Bonchev–Trinajstić information content (AvgIpc) is 3.13. The van der Waals surface area contributed by atoms with Crippen molar-refractivity contribution < 1.29 is 4.57 Å². The second-order valence-electron chi connectivity index (χ2n) is 8.48. The molecule has 0 saturated carbocycles. The van der Waals surface area contributed by atoms with E-state index in [1.165, 1.54) is 59.9 Å². The Morgan fingerprint density at radius 2 is 1.65 bits per heavy atom. The summed E-state index contributed by atoms with van der Waals surface area (Å²) in [6, 6.07) is 23.7. The topological polar surface area (TPSA) is 12.7 Å². The predicted octanol–water partition coefficient (Wildman–Crippen LogP) is 6.83. The molecular formula is C28H18N3+. The minimum absolute atomic E-state index is 0.676. The van der Waals surface area contributed by atoms with Crippen molar-refractivity contribution in [2.24, 2.45) is 7.05 Å². The van der Waals surface area contributed by atoms with E-state index in [1.807, 2.05) is 12.1 Å². The minimum Gasteiger partial charge on any atom is -0.307 e. The molecule has 0 saturated heterocycles. The van der Waals surface area contributed by atoms with Crippen LogP contribution in [-0.2, 0) is 7.05 Å². The van der Waals surface area contributed by atoms with Crippen molar-refractivity contribution in [1.29, 1.82) is 0 Å². The number of fused-ring (bicyclic) bond motifs is 7. The van der Waals surface area contributed by atoms with Gasteiger partial charge in [-0.05, 0) is 41.5 Å². The molecule has 0 unspecified atom stereocenters. The van der Waals surface area contributed by atoms with Crippen LogP contribution < -0.4 is 4.57 Å². The van der Waals surface area contributed by atoms with Gasteiger partial charge in [-0.1, -0.05) is 42.5 Å². The molecule has 0 aliphatic rings. The Morgan fingerprint density at radius 3 is 2.52 bits per heavy atom. The molecule has 0 amide bonds. The lowest BCUT2D eigenvalue weighted by Gasteiger charge is -2.14. The Morgan fingerprint density at radius 1 is 0.806 bits per heavy atom. The van der Waals surface area contributed by atoms with Gasteiger partial charge in [0.25, 0.3) is 0 Å². The lowest BCUT2D eigenvalue weighted by Crippen LogP contribution is -2.28. The van der Waals surface area contributed by atoms with Crippen molar-refractivity contribution >= 4 is 65.5 Å². The molecule has 0 radical (unpaired) electrons. The molecule has 7 rings (SSSR count). The number of hydrogen-bond acceptors (Lipinski definition) is 0. The van der Waals surface area contributed by atoms with Crippen LogP contribution in [0.1, 0.15) is 5.56 Å². The number of rotatable bonds is 0. The molecule has 0 aliphatic heterocycles. The lowest BCUT2D eigenvalue weighted by molar-refractivity contribution is -0.643. The molecule has 3 heteroatoms. The highest BCUT2D eigenvalue weighted by Gasteiger charge is 2.24. The van der Waals surface area contributed by atoms with Gasteiger partial charge in [-0.3, -0.25) is 0 Å². The summed E-state index contributed by atoms with van der Waals surface area (Å²) in [5.74, 6) is 0. The Bertz CT molecular complexity index is 1920. The summed E-state index contributed by atoms with van der Waals surface area (Å²) in [6.45, 7) is 9.68. The molecule has 0 N–H and O–H groups in total. The van der Waals surface area contributed by atoms with Crippen molar-refractivity contribution in [2.75, 3.05) is 0 Å². The Labute approximate surface area is 178 Å². The lowest BCUT2D eigenvalue weighted by atomic mass is 9.96. The van der Waals surface area contributed by atoms with E-state index < -0.39 is 0 Å². The smallest absolute Gasteiger partial charge is 0.224 e. The van der Waals surface area contributed by atoms with Crippen LogP contribution in [0.4, 0.5) is 5.69 Å². The molecular weight excluding hydrogens is 378 g/mol. The maximum Gasteiger partial charge on any atom is 0.224 e. The number of para-hydroxylation sites is 1. The normalized spacial score (nSPS) is 12.2. The summed E-state index contributed by atoms with van der Waals surface area (Å²) < 4.78 is 4.69. The summed E-state index contributed by atoms with van der Waals surface area (Å²) in [5, 5.41) is 8.68. The van der Waals surface area contributed by atoms with E-state index in [0.717, 1.165) is 5.39 Å². The molecule has 3 aromatic heterocycles. The quantitative estimate of drug-likeness (QED) is 0.115. The SMILES string of the molecule is [C-]#[N+]c1ccc2c(c1)cc1c3c2cc[n+](C)c3c2c(C)ccc3c4ccccc4n1c32. The van der Waals surface area contributed by atoms with Crippen LogP contribution in [0, 0.1) is 13.5 Å². The summed E-state index contributed by atoms with van der Waals surface area (Å²) in [5.41, 5.74) is 6.92. The summed E-state index contributed by atoms with van der Waals surface area (Å²) in [7, 11) is 2.14. The monoisotopic (exact) mass is 396 g/mol. The summed E-state index contributed by atoms with van der Waals surface area (Å²) in [4.78, 5) is 3.67. The fourth-order valence-electron chi connectivity index (χ4n) is 5.52. The van der Waals surface area contributed by atoms with Gasteiger partial charge in [0, 0.05) is 22.2 Å². The molecule has 0 fully saturated rings. The van der Waals surface area contributed by atoms with Crippen molar-refractivity contribution in [3.8, 4) is 0 Å². The van der Waals surface area contributed by atoms with Crippen LogP contribution in [0.15, 0.2) is 72.9 Å². The number of benzene rings is 4. The molecule has 4 aromatic carbocycles. The molecule has 31 heavy (non-hydrogen) atoms. The Balaban J connectivity index is 1.95. The molecule has 3 heterocycles. The first-order valence-electron chi connectivity index (χ1n) is 10.5. The minimum atomic E-state index is 0.676. The van der Waals surface area contributed by atoms with Gasteiger partial charge in [0.15, 0.2) is 11.9 Å². The number of pyridine rings is 2. The van der Waals surface area contributed by atoms with Gasteiger partial charge in [0.05, 0.1) is 33.9 Å². The van der Waals surface area contributed by atoms with Gasteiger partial charge >= 0.3 is 0 Å². The Hall–Kier alpha value is -4.16. The van der Waals surface area contributed by atoms with Gasteiger partial charge in [-0.15, -0.1) is 0 Å². The van der Waals surface area contributed by atoms with Crippen molar-refractivity contribution in [2.45, 2.75) is 6.92 Å². The highest BCUT2D eigenvalue weighted by atomic mass is 15.0. The number of aryl methyl sites for hydroxylation is 2. The highest BCUT2D eigenvalue weighted by molar-refractivity contribution is 6.29. The zero-order chi connectivity index (χ0) is 20.9. The predicted molar refractivity (Wildman–Crippen MR) is 128 cm³/mol. The zero-order valence-electron chi connectivity index (χ0n) is 17.3. The van der Waals surface area contributed by atoms with E-state index in [9.17, 15) is 0 Å². The second kappa shape index (κ2) is 5.50. The molecule has 0 spiro atoms. The van der Waals surface area contributed by atoms with E-state index in [-0.39, 0.29) is 0 Å². The van der Waals surface area contributed by atoms with Crippen molar-refractivity contribution in [3.63, 3.8) is 0 Å². The van der Waals surface area contributed by atoms with Crippen molar-refractivity contribution in [3.05, 3.63) is 89.9 Å². The molecule has 0 aliphatic carbocycles. The Kier molecular flexibility index (Phi) is 2.95. The van der Waals surface area contributed by atoms with Gasteiger partial charge in [0.1, 0.15) is 7.05 Å².